The van der Waals surface area contributed by atoms with E-state index in [1.165, 1.54) is 18.6 Å². The second kappa shape index (κ2) is 6.14. The van der Waals surface area contributed by atoms with E-state index in [0.29, 0.717) is 18.8 Å². The fourth-order valence-corrected chi connectivity index (χ4v) is 2.86. The smallest absolute Gasteiger partial charge is 0.261 e. The summed E-state index contributed by atoms with van der Waals surface area (Å²) in [6.45, 7) is 2.95. The standard InChI is InChI=1S/C14H18ClNO3S/c1-10-8-12(10)9-16-14(17)7-4-11-2-5-13(6-3-11)20(15,18)19/h2-3,5-6,10,12H,4,7-9H2,1H3,(H,16,17). The second-order valence-electron chi connectivity index (χ2n) is 5.36. The fourth-order valence-electron chi connectivity index (χ4n) is 2.09. The number of rotatable bonds is 6. The lowest BCUT2D eigenvalue weighted by Crippen LogP contribution is -2.26. The molecule has 1 aliphatic carbocycles. The highest BCUT2D eigenvalue weighted by molar-refractivity contribution is 8.13. The summed E-state index contributed by atoms with van der Waals surface area (Å²) < 4.78 is 22.2. The summed E-state index contributed by atoms with van der Waals surface area (Å²) in [5, 5.41) is 2.92. The van der Waals surface area contributed by atoms with Gasteiger partial charge in [-0.2, -0.15) is 0 Å². The van der Waals surface area contributed by atoms with Crippen molar-refractivity contribution in [2.75, 3.05) is 6.54 Å². The van der Waals surface area contributed by atoms with E-state index in [2.05, 4.69) is 12.2 Å². The van der Waals surface area contributed by atoms with Gasteiger partial charge in [-0.3, -0.25) is 4.79 Å². The number of aryl methyl sites for hydroxylation is 1. The Morgan fingerprint density at radius 1 is 1.35 bits per heavy atom. The Bertz CT molecular complexity index is 583. The van der Waals surface area contributed by atoms with Crippen molar-refractivity contribution < 1.29 is 13.2 Å². The van der Waals surface area contributed by atoms with E-state index in [4.69, 9.17) is 10.7 Å². The van der Waals surface area contributed by atoms with Gasteiger partial charge in [0.2, 0.25) is 5.91 Å². The van der Waals surface area contributed by atoms with Crippen LogP contribution in [0.3, 0.4) is 0 Å². The van der Waals surface area contributed by atoms with Crippen molar-refractivity contribution in [1.82, 2.24) is 5.32 Å². The van der Waals surface area contributed by atoms with Crippen molar-refractivity contribution >= 4 is 25.6 Å². The van der Waals surface area contributed by atoms with Crippen molar-refractivity contribution in [3.8, 4) is 0 Å². The van der Waals surface area contributed by atoms with Gasteiger partial charge >= 0.3 is 0 Å². The first-order chi connectivity index (χ1) is 9.36. The summed E-state index contributed by atoms with van der Waals surface area (Å²) in [4.78, 5) is 11.7. The van der Waals surface area contributed by atoms with Gasteiger partial charge in [0.1, 0.15) is 0 Å². The average Bonchev–Trinajstić information content (AvgIpc) is 3.09. The molecule has 0 saturated heterocycles. The van der Waals surface area contributed by atoms with Crippen molar-refractivity contribution in [3.05, 3.63) is 29.8 Å². The largest absolute Gasteiger partial charge is 0.356 e. The van der Waals surface area contributed by atoms with Crippen molar-refractivity contribution in [3.63, 3.8) is 0 Å². The Balaban J connectivity index is 1.77. The van der Waals surface area contributed by atoms with Crippen LogP contribution in [0.1, 0.15) is 25.3 Å². The van der Waals surface area contributed by atoms with E-state index < -0.39 is 9.05 Å². The molecule has 1 saturated carbocycles. The summed E-state index contributed by atoms with van der Waals surface area (Å²) in [5.41, 5.74) is 0.920. The molecule has 0 heterocycles. The summed E-state index contributed by atoms with van der Waals surface area (Å²) in [6.07, 6.45) is 2.21. The van der Waals surface area contributed by atoms with Crippen LogP contribution in [0.5, 0.6) is 0 Å². The van der Waals surface area contributed by atoms with Gasteiger partial charge in [0.05, 0.1) is 4.90 Å². The number of nitrogens with one attached hydrogen (secondary N) is 1. The zero-order valence-electron chi connectivity index (χ0n) is 11.3. The third-order valence-electron chi connectivity index (χ3n) is 3.68. The van der Waals surface area contributed by atoms with Crippen molar-refractivity contribution in [2.24, 2.45) is 11.8 Å². The fraction of sp³-hybridized carbons (Fsp3) is 0.500. The van der Waals surface area contributed by atoms with Crippen molar-refractivity contribution in [2.45, 2.75) is 31.1 Å². The number of amides is 1. The number of carbonyl (C=O) groups is 1. The van der Waals surface area contributed by atoms with Crippen LogP contribution in [0.4, 0.5) is 0 Å². The van der Waals surface area contributed by atoms with E-state index in [0.717, 1.165) is 18.0 Å². The Kier molecular flexibility index (Phi) is 4.70. The van der Waals surface area contributed by atoms with Gasteiger partial charge in [-0.15, -0.1) is 0 Å². The van der Waals surface area contributed by atoms with Crippen LogP contribution in [0.15, 0.2) is 29.2 Å². The molecule has 20 heavy (non-hydrogen) atoms. The first-order valence-corrected chi connectivity index (χ1v) is 8.97. The zero-order valence-corrected chi connectivity index (χ0v) is 12.9. The van der Waals surface area contributed by atoms with Crippen LogP contribution < -0.4 is 5.32 Å². The van der Waals surface area contributed by atoms with Crippen LogP contribution in [0, 0.1) is 11.8 Å². The summed E-state index contributed by atoms with van der Waals surface area (Å²) in [5.74, 6) is 1.42. The first kappa shape index (κ1) is 15.3. The monoisotopic (exact) mass is 315 g/mol. The normalized spacial score (nSPS) is 21.5. The maximum Gasteiger partial charge on any atom is 0.261 e. The van der Waals surface area contributed by atoms with E-state index in [1.807, 2.05) is 0 Å². The molecule has 0 spiro atoms. The molecule has 4 nitrogen and oxygen atoms in total. The van der Waals surface area contributed by atoms with E-state index in [9.17, 15) is 13.2 Å². The predicted molar refractivity (Wildman–Crippen MR) is 78.1 cm³/mol. The maximum absolute atomic E-state index is 11.7. The molecule has 1 fully saturated rings. The molecule has 0 aromatic heterocycles. The minimum absolute atomic E-state index is 0.0399. The number of hydrogen-bond donors (Lipinski definition) is 1. The molecule has 0 aliphatic heterocycles. The van der Waals surface area contributed by atoms with Gasteiger partial charge in [0, 0.05) is 23.6 Å². The van der Waals surface area contributed by atoms with Gasteiger partial charge in [0.15, 0.2) is 0 Å². The molecule has 2 rings (SSSR count). The van der Waals surface area contributed by atoms with Crippen LogP contribution in [0.2, 0.25) is 0 Å². The van der Waals surface area contributed by atoms with Gasteiger partial charge in [-0.05, 0) is 42.4 Å². The van der Waals surface area contributed by atoms with Gasteiger partial charge in [-0.1, -0.05) is 19.1 Å². The quantitative estimate of drug-likeness (QED) is 0.819. The van der Waals surface area contributed by atoms with Gasteiger partial charge in [-0.25, -0.2) is 8.42 Å². The molecule has 0 bridgehead atoms. The van der Waals surface area contributed by atoms with E-state index in [-0.39, 0.29) is 10.8 Å². The topological polar surface area (TPSA) is 63.2 Å². The van der Waals surface area contributed by atoms with Crippen molar-refractivity contribution in [1.29, 1.82) is 0 Å². The average molecular weight is 316 g/mol. The summed E-state index contributed by atoms with van der Waals surface area (Å²) in [6, 6.07) is 6.29. The second-order valence-corrected chi connectivity index (χ2v) is 7.92. The maximum atomic E-state index is 11.7. The summed E-state index contributed by atoms with van der Waals surface area (Å²) >= 11 is 0. The molecular weight excluding hydrogens is 298 g/mol. The van der Waals surface area contributed by atoms with Crippen LogP contribution in [-0.2, 0) is 20.3 Å². The number of carbonyl (C=O) groups excluding carboxylic acids is 1. The minimum atomic E-state index is -3.67. The molecular formula is C14H18ClNO3S. The molecule has 1 aromatic rings. The van der Waals surface area contributed by atoms with Gasteiger partial charge < -0.3 is 5.32 Å². The summed E-state index contributed by atoms with van der Waals surface area (Å²) in [7, 11) is 1.56. The Morgan fingerprint density at radius 3 is 2.45 bits per heavy atom. The zero-order chi connectivity index (χ0) is 14.8. The highest BCUT2D eigenvalue weighted by Crippen LogP contribution is 2.36. The lowest BCUT2D eigenvalue weighted by atomic mass is 10.1. The van der Waals surface area contributed by atoms with Crippen LogP contribution in [-0.4, -0.2) is 20.9 Å². The SMILES string of the molecule is CC1CC1CNC(=O)CCc1ccc(S(=O)(=O)Cl)cc1. The van der Waals surface area contributed by atoms with Gasteiger partial charge in [0.25, 0.3) is 9.05 Å². The number of halogens is 1. The van der Waals surface area contributed by atoms with E-state index >= 15 is 0 Å². The highest BCUT2D eigenvalue weighted by Gasteiger charge is 2.32. The molecule has 1 amide bonds. The number of hydrogen-bond acceptors (Lipinski definition) is 3. The van der Waals surface area contributed by atoms with Crippen LogP contribution in [0.25, 0.3) is 0 Å². The van der Waals surface area contributed by atoms with E-state index in [1.54, 1.807) is 12.1 Å². The Hall–Kier alpha value is -1.07. The molecule has 0 radical (unpaired) electrons. The Labute approximate surface area is 123 Å². The third kappa shape index (κ3) is 4.49. The lowest BCUT2D eigenvalue weighted by Gasteiger charge is -2.05. The highest BCUT2D eigenvalue weighted by atomic mass is 35.7. The Morgan fingerprint density at radius 2 is 1.95 bits per heavy atom. The minimum Gasteiger partial charge on any atom is -0.356 e. The molecule has 1 N–H and O–H groups in total. The molecule has 2 atom stereocenters. The molecule has 6 heteroatoms. The molecule has 1 aromatic carbocycles. The molecule has 1 aliphatic rings. The molecule has 110 valence electrons. The first-order valence-electron chi connectivity index (χ1n) is 6.66. The lowest BCUT2D eigenvalue weighted by molar-refractivity contribution is -0.121. The number of benzene rings is 1. The van der Waals surface area contributed by atoms with Crippen LogP contribution >= 0.6 is 10.7 Å². The third-order valence-corrected chi connectivity index (χ3v) is 5.05. The predicted octanol–water partition coefficient (Wildman–Crippen LogP) is 2.32. The molecule has 2 unspecified atom stereocenters.